The van der Waals surface area contributed by atoms with E-state index < -0.39 is 5.41 Å². The lowest BCUT2D eigenvalue weighted by Gasteiger charge is -2.43. The Balaban J connectivity index is 0.00000192. The van der Waals surface area contributed by atoms with Crippen molar-refractivity contribution >= 4 is 41.5 Å². The first-order valence-corrected chi connectivity index (χ1v) is 8.61. The van der Waals surface area contributed by atoms with Crippen LogP contribution in [-0.4, -0.2) is 30.4 Å². The molecule has 1 heterocycles. The van der Waals surface area contributed by atoms with Crippen molar-refractivity contribution in [1.29, 1.82) is 0 Å². The van der Waals surface area contributed by atoms with Gasteiger partial charge in [0.15, 0.2) is 0 Å². The molecule has 0 aromatic heterocycles. The molecule has 1 aromatic carbocycles. The predicted molar refractivity (Wildman–Crippen MR) is 97.6 cm³/mol. The van der Waals surface area contributed by atoms with Crippen molar-refractivity contribution in [3.8, 4) is 0 Å². The van der Waals surface area contributed by atoms with Crippen molar-refractivity contribution in [1.82, 2.24) is 4.90 Å². The molecule has 2 N–H and O–H groups in total. The van der Waals surface area contributed by atoms with E-state index in [4.69, 9.17) is 28.9 Å². The maximum Gasteiger partial charge on any atom is 0.233 e. The van der Waals surface area contributed by atoms with Gasteiger partial charge in [-0.25, -0.2) is 0 Å². The minimum absolute atomic E-state index is 0. The number of carbonyl (C=O) groups excluding carboxylic acids is 1. The first-order valence-electron chi connectivity index (χ1n) is 7.85. The molecule has 0 bridgehead atoms. The van der Waals surface area contributed by atoms with Crippen LogP contribution in [0.25, 0.3) is 0 Å². The molecule has 128 valence electrons. The van der Waals surface area contributed by atoms with Gasteiger partial charge in [0, 0.05) is 13.1 Å². The fourth-order valence-electron chi connectivity index (χ4n) is 3.62. The fourth-order valence-corrected chi connectivity index (χ4v) is 3.91. The van der Waals surface area contributed by atoms with Crippen LogP contribution in [0.1, 0.15) is 38.2 Å². The zero-order chi connectivity index (χ0) is 16.0. The number of likely N-dealkylation sites (tertiary alicyclic amines) is 1. The van der Waals surface area contributed by atoms with Gasteiger partial charge in [0.05, 0.1) is 15.5 Å². The monoisotopic (exact) mass is 376 g/mol. The van der Waals surface area contributed by atoms with Crippen molar-refractivity contribution in [3.05, 3.63) is 33.8 Å². The minimum Gasteiger partial charge on any atom is -0.341 e. The molecule has 1 aliphatic heterocycles. The Hall–Kier alpha value is -0.480. The van der Waals surface area contributed by atoms with Gasteiger partial charge in [0.1, 0.15) is 0 Å². The Morgan fingerprint density at radius 1 is 1.26 bits per heavy atom. The molecular weight excluding hydrogens is 355 g/mol. The molecule has 1 aliphatic carbocycles. The Morgan fingerprint density at radius 3 is 2.43 bits per heavy atom. The van der Waals surface area contributed by atoms with Crippen molar-refractivity contribution in [2.24, 2.45) is 11.1 Å². The largest absolute Gasteiger partial charge is 0.341 e. The molecule has 3 rings (SSSR count). The molecule has 23 heavy (non-hydrogen) atoms. The Morgan fingerprint density at radius 2 is 1.96 bits per heavy atom. The van der Waals surface area contributed by atoms with E-state index in [2.05, 4.69) is 6.92 Å². The predicted octanol–water partition coefficient (Wildman–Crippen LogP) is 4.03. The summed E-state index contributed by atoms with van der Waals surface area (Å²) in [6, 6.07) is 5.60. The highest BCUT2D eigenvalue weighted by molar-refractivity contribution is 6.42. The summed E-state index contributed by atoms with van der Waals surface area (Å²) in [5.41, 5.74) is 6.51. The molecule has 0 radical (unpaired) electrons. The van der Waals surface area contributed by atoms with Crippen LogP contribution in [0, 0.1) is 5.41 Å². The van der Waals surface area contributed by atoms with Gasteiger partial charge in [0.2, 0.25) is 5.91 Å². The zero-order valence-corrected chi connectivity index (χ0v) is 15.6. The maximum absolute atomic E-state index is 13.2. The number of halogens is 3. The van der Waals surface area contributed by atoms with E-state index in [1.165, 1.54) is 0 Å². The summed E-state index contributed by atoms with van der Waals surface area (Å²) in [5.74, 6) is 0.231. The molecule has 1 saturated heterocycles. The van der Waals surface area contributed by atoms with Crippen LogP contribution in [0.5, 0.6) is 0 Å². The molecule has 1 amide bonds. The molecule has 2 fully saturated rings. The van der Waals surface area contributed by atoms with Crippen molar-refractivity contribution in [3.63, 3.8) is 0 Å². The van der Waals surface area contributed by atoms with E-state index in [1.54, 1.807) is 6.07 Å². The molecule has 3 nitrogen and oxygen atoms in total. The van der Waals surface area contributed by atoms with Crippen LogP contribution in [0.3, 0.4) is 0 Å². The Bertz CT molecular complexity index is 604. The third-order valence-electron chi connectivity index (χ3n) is 5.43. The van der Waals surface area contributed by atoms with E-state index in [0.717, 1.165) is 44.3 Å². The standard InChI is InChI=1S/C17H22Cl2N2O.ClH/c1-16(10-20)7-8-21(11-16)15(22)17(5-2-6-17)12-3-4-13(18)14(19)9-12;/h3-4,9H,2,5-8,10-11,20H2,1H3;1H. The van der Waals surface area contributed by atoms with Gasteiger partial charge in [-0.2, -0.15) is 0 Å². The van der Waals surface area contributed by atoms with E-state index in [9.17, 15) is 4.79 Å². The van der Waals surface area contributed by atoms with Crippen molar-refractivity contribution in [2.45, 2.75) is 38.0 Å². The van der Waals surface area contributed by atoms with Gasteiger partial charge in [0.25, 0.3) is 0 Å². The summed E-state index contributed by atoms with van der Waals surface area (Å²) in [7, 11) is 0. The zero-order valence-electron chi connectivity index (χ0n) is 13.3. The number of benzene rings is 1. The quantitative estimate of drug-likeness (QED) is 0.864. The lowest BCUT2D eigenvalue weighted by Crippen LogP contribution is -2.51. The first-order chi connectivity index (χ1) is 10.4. The average molecular weight is 378 g/mol. The van der Waals surface area contributed by atoms with E-state index in [1.807, 2.05) is 17.0 Å². The molecule has 1 aromatic rings. The maximum atomic E-state index is 13.2. The summed E-state index contributed by atoms with van der Waals surface area (Å²) in [6.07, 6.45) is 3.83. The summed E-state index contributed by atoms with van der Waals surface area (Å²) >= 11 is 12.2. The average Bonchev–Trinajstić information content (AvgIpc) is 2.85. The molecule has 1 atom stereocenters. The van der Waals surface area contributed by atoms with Gasteiger partial charge in [-0.3, -0.25) is 4.79 Å². The lowest BCUT2D eigenvalue weighted by atomic mass is 9.63. The number of carbonyl (C=O) groups is 1. The SMILES string of the molecule is CC1(CN)CCN(C(=O)C2(c3ccc(Cl)c(Cl)c3)CCC2)C1.Cl. The highest BCUT2D eigenvalue weighted by atomic mass is 35.5. The van der Waals surface area contributed by atoms with Gasteiger partial charge < -0.3 is 10.6 Å². The number of rotatable bonds is 3. The van der Waals surface area contributed by atoms with Crippen LogP contribution in [0.2, 0.25) is 10.0 Å². The van der Waals surface area contributed by atoms with Crippen LogP contribution >= 0.6 is 35.6 Å². The van der Waals surface area contributed by atoms with E-state index >= 15 is 0 Å². The number of hydrogen-bond acceptors (Lipinski definition) is 2. The van der Waals surface area contributed by atoms with Crippen molar-refractivity contribution < 1.29 is 4.79 Å². The highest BCUT2D eigenvalue weighted by Gasteiger charge is 2.50. The number of nitrogens with two attached hydrogens (primary N) is 1. The third-order valence-corrected chi connectivity index (χ3v) is 6.17. The second-order valence-electron chi connectivity index (χ2n) is 7.06. The van der Waals surface area contributed by atoms with Crippen LogP contribution in [0.4, 0.5) is 0 Å². The van der Waals surface area contributed by atoms with E-state index in [-0.39, 0.29) is 23.7 Å². The molecular formula is C17H23Cl3N2O. The van der Waals surface area contributed by atoms with Crippen LogP contribution in [-0.2, 0) is 10.2 Å². The summed E-state index contributed by atoms with van der Waals surface area (Å²) in [6.45, 7) is 4.34. The molecule has 2 aliphatic rings. The van der Waals surface area contributed by atoms with Crippen LogP contribution in [0.15, 0.2) is 18.2 Å². The van der Waals surface area contributed by atoms with Gasteiger partial charge in [-0.05, 0) is 48.9 Å². The normalized spacial score (nSPS) is 25.7. The van der Waals surface area contributed by atoms with Gasteiger partial charge >= 0.3 is 0 Å². The second kappa shape index (κ2) is 6.79. The van der Waals surface area contributed by atoms with E-state index in [0.29, 0.717) is 16.6 Å². The fraction of sp³-hybridized carbons (Fsp3) is 0.588. The summed E-state index contributed by atoms with van der Waals surface area (Å²) in [4.78, 5) is 15.2. The lowest BCUT2D eigenvalue weighted by molar-refractivity contribution is -0.140. The number of nitrogens with zero attached hydrogens (tertiary/aromatic N) is 1. The number of hydrogen-bond donors (Lipinski definition) is 1. The Labute approximate surface area is 153 Å². The topological polar surface area (TPSA) is 46.3 Å². The van der Waals surface area contributed by atoms with Gasteiger partial charge in [-0.1, -0.05) is 42.6 Å². The molecule has 1 saturated carbocycles. The smallest absolute Gasteiger partial charge is 0.233 e. The highest BCUT2D eigenvalue weighted by Crippen LogP contribution is 2.47. The third kappa shape index (κ3) is 3.21. The summed E-state index contributed by atoms with van der Waals surface area (Å²) in [5, 5.41) is 1.05. The Kier molecular flexibility index (Phi) is 5.57. The van der Waals surface area contributed by atoms with Crippen molar-refractivity contribution in [2.75, 3.05) is 19.6 Å². The minimum atomic E-state index is -0.409. The summed E-state index contributed by atoms with van der Waals surface area (Å²) < 4.78 is 0. The molecule has 0 spiro atoms. The molecule has 6 heteroatoms. The number of amides is 1. The molecule has 1 unspecified atom stereocenters. The second-order valence-corrected chi connectivity index (χ2v) is 7.87. The van der Waals surface area contributed by atoms with Crippen LogP contribution < -0.4 is 5.73 Å². The van der Waals surface area contributed by atoms with Gasteiger partial charge in [-0.15, -0.1) is 12.4 Å². The first kappa shape index (κ1) is 18.9.